The smallest absolute Gasteiger partial charge is 0.462 e. The molecule has 0 aromatic carbocycles. The quantitative estimate of drug-likeness (QED) is 0.0273. The van der Waals surface area contributed by atoms with Crippen molar-refractivity contribution in [1.82, 2.24) is 0 Å². The summed E-state index contributed by atoms with van der Waals surface area (Å²) in [6.45, 7) is 3.68. The van der Waals surface area contributed by atoms with E-state index >= 15 is 0 Å². The number of nitrogens with two attached hydrogens (primary N) is 1. The second-order valence-electron chi connectivity index (χ2n) is 13.8. The number of ether oxygens (including phenoxy) is 2. The van der Waals surface area contributed by atoms with Crippen molar-refractivity contribution in [3.63, 3.8) is 0 Å². The van der Waals surface area contributed by atoms with Crippen LogP contribution >= 0.6 is 7.82 Å². The summed E-state index contributed by atoms with van der Waals surface area (Å²) in [6, 6.07) is 0. The molecule has 0 fully saturated rings. The lowest BCUT2D eigenvalue weighted by Crippen LogP contribution is -2.29. The summed E-state index contributed by atoms with van der Waals surface area (Å²) >= 11 is 0. The molecule has 0 aromatic rings. The number of carbonyl (C=O) groups is 2. The largest absolute Gasteiger partial charge is 0.472 e. The first-order valence-electron chi connectivity index (χ1n) is 20.8. The summed E-state index contributed by atoms with van der Waals surface area (Å²) < 4.78 is 32.7. The summed E-state index contributed by atoms with van der Waals surface area (Å²) in [5.41, 5.74) is 5.33. The molecule has 0 radical (unpaired) electrons. The molecule has 3 N–H and O–H groups in total. The van der Waals surface area contributed by atoms with Gasteiger partial charge in [0.25, 0.3) is 0 Å². The Labute approximate surface area is 312 Å². The van der Waals surface area contributed by atoms with Crippen molar-refractivity contribution in [2.45, 2.75) is 200 Å². The number of phosphoric ester groups is 1. The van der Waals surface area contributed by atoms with Crippen LogP contribution in [0.2, 0.25) is 0 Å². The van der Waals surface area contributed by atoms with Crippen LogP contribution in [0.3, 0.4) is 0 Å². The van der Waals surface area contributed by atoms with Crippen molar-refractivity contribution in [3.8, 4) is 0 Å². The Morgan fingerprint density at radius 1 is 0.569 bits per heavy atom. The van der Waals surface area contributed by atoms with Crippen molar-refractivity contribution in [3.05, 3.63) is 24.3 Å². The molecule has 0 rings (SSSR count). The molecule has 0 aliphatic rings. The van der Waals surface area contributed by atoms with Crippen molar-refractivity contribution < 1.29 is 37.6 Å². The summed E-state index contributed by atoms with van der Waals surface area (Å²) in [4.78, 5) is 34.7. The van der Waals surface area contributed by atoms with Crippen molar-refractivity contribution >= 4 is 19.8 Å². The van der Waals surface area contributed by atoms with E-state index in [9.17, 15) is 19.0 Å². The minimum absolute atomic E-state index is 0.0527. The number of hydrogen-bond donors (Lipinski definition) is 2. The fraction of sp³-hybridized carbons (Fsp3) is 0.854. The van der Waals surface area contributed by atoms with Crippen LogP contribution in [0.15, 0.2) is 24.3 Å². The summed E-state index contributed by atoms with van der Waals surface area (Å²) in [5, 5.41) is 0. The van der Waals surface area contributed by atoms with E-state index in [1.807, 2.05) is 0 Å². The third-order valence-electron chi connectivity index (χ3n) is 8.81. The van der Waals surface area contributed by atoms with Gasteiger partial charge in [-0.25, -0.2) is 4.57 Å². The first-order valence-corrected chi connectivity index (χ1v) is 22.3. The Bertz CT molecular complexity index is 897. The molecular weight excluding hydrogens is 665 g/mol. The number of rotatable bonds is 39. The molecule has 0 spiro atoms. The fourth-order valence-corrected chi connectivity index (χ4v) is 6.43. The number of allylic oxidation sites excluding steroid dienone is 4. The van der Waals surface area contributed by atoms with Gasteiger partial charge in [0.2, 0.25) is 0 Å². The minimum Gasteiger partial charge on any atom is -0.462 e. The van der Waals surface area contributed by atoms with Crippen LogP contribution < -0.4 is 5.73 Å². The van der Waals surface area contributed by atoms with Gasteiger partial charge in [-0.1, -0.05) is 147 Å². The van der Waals surface area contributed by atoms with Gasteiger partial charge in [-0.2, -0.15) is 0 Å². The van der Waals surface area contributed by atoms with Crippen molar-refractivity contribution in [1.29, 1.82) is 0 Å². The molecule has 0 aliphatic heterocycles. The third-order valence-corrected chi connectivity index (χ3v) is 9.79. The maximum Gasteiger partial charge on any atom is 0.472 e. The molecule has 300 valence electrons. The maximum absolute atomic E-state index is 12.5. The molecule has 0 aromatic heterocycles. The molecule has 0 saturated carbocycles. The molecule has 0 aliphatic carbocycles. The topological polar surface area (TPSA) is 134 Å². The van der Waals surface area contributed by atoms with Gasteiger partial charge in [0.15, 0.2) is 6.10 Å². The first kappa shape index (κ1) is 49.5. The van der Waals surface area contributed by atoms with Crippen LogP contribution in [0.25, 0.3) is 0 Å². The number of unbranched alkanes of at least 4 members (excludes halogenated alkanes) is 22. The van der Waals surface area contributed by atoms with E-state index in [4.69, 9.17) is 24.3 Å². The lowest BCUT2D eigenvalue weighted by Gasteiger charge is -2.19. The van der Waals surface area contributed by atoms with Crippen LogP contribution in [-0.2, 0) is 32.7 Å². The van der Waals surface area contributed by atoms with E-state index in [2.05, 4.69) is 38.2 Å². The number of phosphoric acid groups is 1. The second kappa shape index (κ2) is 38.2. The third kappa shape index (κ3) is 38.0. The highest BCUT2D eigenvalue weighted by Gasteiger charge is 2.26. The normalized spacial score (nSPS) is 13.6. The average Bonchev–Trinajstić information content (AvgIpc) is 3.11. The van der Waals surface area contributed by atoms with Crippen LogP contribution in [0.4, 0.5) is 0 Å². The highest BCUT2D eigenvalue weighted by atomic mass is 31.2. The van der Waals surface area contributed by atoms with Gasteiger partial charge in [-0.05, 0) is 57.8 Å². The molecule has 0 amide bonds. The Balaban J connectivity index is 4.11. The second-order valence-corrected chi connectivity index (χ2v) is 15.3. The zero-order valence-electron chi connectivity index (χ0n) is 32.8. The van der Waals surface area contributed by atoms with Crippen LogP contribution in [0.5, 0.6) is 0 Å². The lowest BCUT2D eigenvalue weighted by atomic mass is 10.1. The maximum atomic E-state index is 12.5. The van der Waals surface area contributed by atoms with E-state index < -0.39 is 26.5 Å². The number of esters is 2. The van der Waals surface area contributed by atoms with E-state index in [0.717, 1.165) is 57.8 Å². The molecule has 2 atom stereocenters. The average molecular weight is 744 g/mol. The Hall–Kier alpha value is -1.51. The molecule has 51 heavy (non-hydrogen) atoms. The zero-order chi connectivity index (χ0) is 37.5. The summed E-state index contributed by atoms with van der Waals surface area (Å²) in [7, 11) is -4.37. The first-order chi connectivity index (χ1) is 24.8. The highest BCUT2D eigenvalue weighted by Crippen LogP contribution is 2.43. The Morgan fingerprint density at radius 3 is 1.45 bits per heavy atom. The minimum atomic E-state index is -4.37. The van der Waals surface area contributed by atoms with Gasteiger partial charge in [0.05, 0.1) is 13.2 Å². The van der Waals surface area contributed by atoms with Crippen molar-refractivity contribution in [2.24, 2.45) is 5.73 Å². The predicted octanol–water partition coefficient (Wildman–Crippen LogP) is 11.6. The van der Waals surface area contributed by atoms with Crippen LogP contribution in [0, 0.1) is 0 Å². The van der Waals surface area contributed by atoms with Crippen LogP contribution in [0.1, 0.15) is 194 Å². The molecule has 9 nitrogen and oxygen atoms in total. The molecule has 0 heterocycles. The van der Waals surface area contributed by atoms with Gasteiger partial charge >= 0.3 is 19.8 Å². The fourth-order valence-electron chi connectivity index (χ4n) is 5.67. The molecule has 1 unspecified atom stereocenters. The van der Waals surface area contributed by atoms with Crippen LogP contribution in [-0.4, -0.2) is 49.3 Å². The molecular formula is C41H78NO8P. The van der Waals surface area contributed by atoms with Gasteiger partial charge in [-0.15, -0.1) is 0 Å². The van der Waals surface area contributed by atoms with Gasteiger partial charge < -0.3 is 20.1 Å². The van der Waals surface area contributed by atoms with Gasteiger partial charge in [0.1, 0.15) is 6.61 Å². The highest BCUT2D eigenvalue weighted by molar-refractivity contribution is 7.47. The summed E-state index contributed by atoms with van der Waals surface area (Å²) in [5.74, 6) is -0.839. The molecule has 10 heteroatoms. The van der Waals surface area contributed by atoms with Crippen molar-refractivity contribution in [2.75, 3.05) is 26.4 Å². The molecule has 0 bridgehead atoms. The van der Waals surface area contributed by atoms with E-state index in [-0.39, 0.29) is 38.6 Å². The Morgan fingerprint density at radius 2 is 0.980 bits per heavy atom. The Kier molecular flexibility index (Phi) is 37.1. The zero-order valence-corrected chi connectivity index (χ0v) is 33.7. The molecule has 0 saturated heterocycles. The number of hydrogen-bond acceptors (Lipinski definition) is 8. The van der Waals surface area contributed by atoms with E-state index in [1.165, 1.54) is 103 Å². The SMILES string of the molecule is CCCC/C=C/CCCCCCCC(=O)O[C@@H](COC(=O)CCCCCCCCCCC/C=C/CCCCCCCC)COP(=O)(O)OCCN. The van der Waals surface area contributed by atoms with E-state index in [1.54, 1.807) is 0 Å². The van der Waals surface area contributed by atoms with Gasteiger partial charge in [0, 0.05) is 19.4 Å². The summed E-state index contributed by atoms with van der Waals surface area (Å²) in [6.07, 6.45) is 39.3. The van der Waals surface area contributed by atoms with E-state index in [0.29, 0.717) is 6.42 Å². The van der Waals surface area contributed by atoms with Gasteiger partial charge in [-0.3, -0.25) is 18.6 Å². The monoisotopic (exact) mass is 744 g/mol. The standard InChI is InChI=1S/C41H78NO8P/c1-3-5-7-9-11-13-15-16-17-18-19-20-21-22-24-25-27-29-31-33-40(43)47-37-39(38-49-51(45,46)48-36-35-42)50-41(44)34-32-30-28-26-23-14-12-10-8-6-4-2/h10,12,16-17,39H,3-9,11,13-15,18-38,42H2,1-2H3,(H,45,46)/b12-10+,17-16+/t39-/m0/s1. The predicted molar refractivity (Wildman–Crippen MR) is 211 cm³/mol. The number of carbonyl (C=O) groups excluding carboxylic acids is 2. The lowest BCUT2D eigenvalue weighted by molar-refractivity contribution is -0.161.